The van der Waals surface area contributed by atoms with Gasteiger partial charge in [-0.25, -0.2) is 9.18 Å². The van der Waals surface area contributed by atoms with E-state index < -0.39 is 0 Å². The van der Waals surface area contributed by atoms with E-state index in [0.29, 0.717) is 11.6 Å². The van der Waals surface area contributed by atoms with Gasteiger partial charge in [-0.15, -0.1) is 0 Å². The molecule has 0 spiro atoms. The first-order chi connectivity index (χ1) is 19.5. The molecule has 0 bridgehead atoms. The zero-order valence-electron chi connectivity index (χ0n) is 22.9. The van der Waals surface area contributed by atoms with Crippen LogP contribution in [0, 0.1) is 11.7 Å². The summed E-state index contributed by atoms with van der Waals surface area (Å²) in [6.45, 7) is 4.98. The second-order valence-electron chi connectivity index (χ2n) is 11.3. The van der Waals surface area contributed by atoms with Crippen LogP contribution in [0.15, 0.2) is 85.1 Å². The summed E-state index contributed by atoms with van der Waals surface area (Å²) in [7, 11) is 0. The van der Waals surface area contributed by atoms with Crippen molar-refractivity contribution in [2.24, 2.45) is 5.92 Å². The molecule has 1 saturated heterocycles. The van der Waals surface area contributed by atoms with E-state index in [2.05, 4.69) is 44.9 Å². The Labute approximate surface area is 235 Å². The topological polar surface area (TPSA) is 69.3 Å². The molecule has 1 aliphatic heterocycles. The molecule has 6 rings (SSSR count). The summed E-state index contributed by atoms with van der Waals surface area (Å²) < 4.78 is 13.8. The highest BCUT2D eigenvalue weighted by atomic mass is 19.1. The molecule has 3 aromatic carbocycles. The molecular formula is C33H36FN5O. The van der Waals surface area contributed by atoms with E-state index in [1.165, 1.54) is 5.56 Å². The Hall–Kier alpha value is -3.81. The van der Waals surface area contributed by atoms with Crippen molar-refractivity contribution in [2.45, 2.75) is 44.2 Å². The highest BCUT2D eigenvalue weighted by molar-refractivity contribution is 6.00. The van der Waals surface area contributed by atoms with E-state index in [9.17, 15) is 9.18 Å². The number of carbonyl (C=O) groups is 1. The Bertz CT molecular complexity index is 1480. The van der Waals surface area contributed by atoms with Gasteiger partial charge in [0.1, 0.15) is 5.82 Å². The average molecular weight is 538 g/mol. The molecule has 7 heteroatoms. The highest BCUT2D eigenvalue weighted by Gasteiger charge is 2.45. The fourth-order valence-corrected chi connectivity index (χ4v) is 6.50. The fraction of sp³-hybridized carbons (Fsp3) is 0.333. The lowest BCUT2D eigenvalue weighted by Crippen LogP contribution is -2.57. The van der Waals surface area contributed by atoms with E-state index in [-0.39, 0.29) is 23.4 Å². The summed E-state index contributed by atoms with van der Waals surface area (Å²) in [6, 6.07) is 24.9. The van der Waals surface area contributed by atoms with Gasteiger partial charge in [-0.2, -0.15) is 0 Å². The van der Waals surface area contributed by atoms with Crippen molar-refractivity contribution < 1.29 is 9.18 Å². The Balaban J connectivity index is 1.27. The number of urea groups is 1. The molecule has 1 aliphatic carbocycles. The first-order valence-electron chi connectivity index (χ1n) is 14.3. The van der Waals surface area contributed by atoms with Crippen LogP contribution < -0.4 is 16.0 Å². The van der Waals surface area contributed by atoms with Gasteiger partial charge in [-0.05, 0) is 79.1 Å². The minimum Gasteiger partial charge on any atom is -0.314 e. The maximum Gasteiger partial charge on any atom is 0.323 e. The molecule has 1 aromatic heterocycles. The van der Waals surface area contributed by atoms with Gasteiger partial charge in [-0.3, -0.25) is 9.88 Å². The first kappa shape index (κ1) is 26.4. The van der Waals surface area contributed by atoms with E-state index in [0.717, 1.165) is 67.5 Å². The number of nitrogens with one attached hydrogen (secondary N) is 3. The fourth-order valence-electron chi connectivity index (χ4n) is 6.50. The number of rotatable bonds is 5. The normalized spacial score (nSPS) is 23.6. The minimum atomic E-state index is -0.299. The van der Waals surface area contributed by atoms with Crippen LogP contribution in [0.1, 0.15) is 49.8 Å². The van der Waals surface area contributed by atoms with Gasteiger partial charge in [0.25, 0.3) is 0 Å². The molecule has 1 saturated carbocycles. The molecule has 1 atom stereocenters. The number of benzene rings is 3. The van der Waals surface area contributed by atoms with Crippen molar-refractivity contribution in [3.8, 4) is 0 Å². The third kappa shape index (κ3) is 5.44. The predicted molar refractivity (Wildman–Crippen MR) is 159 cm³/mol. The van der Waals surface area contributed by atoms with Crippen molar-refractivity contribution in [3.63, 3.8) is 0 Å². The van der Waals surface area contributed by atoms with E-state index in [4.69, 9.17) is 0 Å². The van der Waals surface area contributed by atoms with Crippen molar-refractivity contribution in [1.29, 1.82) is 0 Å². The number of para-hydroxylation sites is 1. The summed E-state index contributed by atoms with van der Waals surface area (Å²) >= 11 is 0. The first-order valence-corrected chi connectivity index (χ1v) is 14.3. The number of pyridine rings is 1. The van der Waals surface area contributed by atoms with Gasteiger partial charge in [0.15, 0.2) is 0 Å². The number of carbonyl (C=O) groups excluding carboxylic acids is 1. The Kier molecular flexibility index (Phi) is 7.50. The number of fused-ring (bicyclic) bond motifs is 1. The molecule has 2 heterocycles. The highest BCUT2D eigenvalue weighted by Crippen LogP contribution is 2.48. The van der Waals surface area contributed by atoms with E-state index >= 15 is 0 Å². The van der Waals surface area contributed by atoms with Gasteiger partial charge < -0.3 is 16.0 Å². The maximum absolute atomic E-state index is 13.8. The van der Waals surface area contributed by atoms with Gasteiger partial charge in [0.2, 0.25) is 0 Å². The standard InChI is InChI=1S/C33H36FN5O/c1-23-13-15-33(16-14-23,39-18-17-35-22-31(39)24-9-11-27(34)12-10-24)26-6-4-7-28(20-26)37-32(40)38-29-19-25-5-2-3-8-30(25)36-21-29/h2-12,19-21,23,31,35H,13-18,22H2,1H3,(H2,37,38,40). The second kappa shape index (κ2) is 11.4. The van der Waals surface area contributed by atoms with Crippen LogP contribution in [0.2, 0.25) is 0 Å². The molecule has 6 nitrogen and oxygen atoms in total. The zero-order valence-corrected chi connectivity index (χ0v) is 22.9. The molecule has 40 heavy (non-hydrogen) atoms. The van der Waals surface area contributed by atoms with Crippen LogP contribution in [0.25, 0.3) is 10.9 Å². The largest absolute Gasteiger partial charge is 0.323 e. The van der Waals surface area contributed by atoms with E-state index in [1.54, 1.807) is 18.3 Å². The smallest absolute Gasteiger partial charge is 0.314 e. The van der Waals surface area contributed by atoms with Crippen molar-refractivity contribution >= 4 is 28.3 Å². The van der Waals surface area contributed by atoms with E-state index in [1.807, 2.05) is 54.6 Å². The molecule has 3 N–H and O–H groups in total. The molecule has 206 valence electrons. The second-order valence-corrected chi connectivity index (χ2v) is 11.3. The van der Waals surface area contributed by atoms with Crippen LogP contribution in [-0.4, -0.2) is 35.5 Å². The van der Waals surface area contributed by atoms with Gasteiger partial charge >= 0.3 is 6.03 Å². The molecule has 0 radical (unpaired) electrons. The molecule has 2 amide bonds. The summed E-state index contributed by atoms with van der Waals surface area (Å²) in [6.07, 6.45) is 6.06. The minimum absolute atomic E-state index is 0.142. The number of halogens is 1. The van der Waals surface area contributed by atoms with Gasteiger partial charge in [0, 0.05) is 42.3 Å². The average Bonchev–Trinajstić information content (AvgIpc) is 2.98. The number of anilines is 2. The quantitative estimate of drug-likeness (QED) is 0.255. The van der Waals surface area contributed by atoms with Gasteiger partial charge in [-0.1, -0.05) is 49.4 Å². The molecule has 1 unspecified atom stereocenters. The van der Waals surface area contributed by atoms with Crippen LogP contribution in [0.4, 0.5) is 20.6 Å². The Morgan fingerprint density at radius 3 is 2.58 bits per heavy atom. The maximum atomic E-state index is 13.8. The monoisotopic (exact) mass is 537 g/mol. The molecule has 4 aromatic rings. The summed E-state index contributed by atoms with van der Waals surface area (Å²) in [4.78, 5) is 20.1. The summed E-state index contributed by atoms with van der Waals surface area (Å²) in [5.41, 5.74) is 4.48. The number of hydrogen-bond donors (Lipinski definition) is 3. The van der Waals surface area contributed by atoms with Crippen molar-refractivity contribution in [2.75, 3.05) is 30.3 Å². The molecule has 2 aliphatic rings. The van der Waals surface area contributed by atoms with Crippen molar-refractivity contribution in [1.82, 2.24) is 15.2 Å². The lowest BCUT2D eigenvalue weighted by atomic mass is 9.71. The zero-order chi connectivity index (χ0) is 27.5. The molecular weight excluding hydrogens is 501 g/mol. The number of piperazine rings is 1. The lowest BCUT2D eigenvalue weighted by molar-refractivity contribution is -0.0148. The van der Waals surface area contributed by atoms with Crippen LogP contribution in [-0.2, 0) is 5.54 Å². The number of nitrogens with zero attached hydrogens (tertiary/aromatic N) is 2. The number of amides is 2. The van der Waals surface area contributed by atoms with Gasteiger partial charge in [0.05, 0.1) is 17.4 Å². The SMILES string of the molecule is CC1CCC(c2cccc(NC(=O)Nc3cnc4ccccc4c3)c2)(N2CCNCC2c2ccc(F)cc2)CC1. The number of aromatic nitrogens is 1. The Morgan fingerprint density at radius 2 is 1.75 bits per heavy atom. The molecule has 2 fully saturated rings. The summed E-state index contributed by atoms with van der Waals surface area (Å²) in [5.74, 6) is 0.472. The van der Waals surface area contributed by atoms with Crippen LogP contribution >= 0.6 is 0 Å². The summed E-state index contributed by atoms with van der Waals surface area (Å²) in [5, 5.41) is 10.5. The van der Waals surface area contributed by atoms with Crippen molar-refractivity contribution in [3.05, 3.63) is 102 Å². The lowest BCUT2D eigenvalue weighted by Gasteiger charge is -2.53. The third-order valence-electron chi connectivity index (χ3n) is 8.66. The predicted octanol–water partition coefficient (Wildman–Crippen LogP) is 7.07. The third-order valence-corrected chi connectivity index (χ3v) is 8.66. The Morgan fingerprint density at radius 1 is 0.975 bits per heavy atom. The van der Waals surface area contributed by atoms with Crippen LogP contribution in [0.3, 0.4) is 0 Å². The van der Waals surface area contributed by atoms with Crippen LogP contribution in [0.5, 0.6) is 0 Å². The number of hydrogen-bond acceptors (Lipinski definition) is 4.